The Morgan fingerprint density at radius 3 is 2.55 bits per heavy atom. The number of aromatic nitrogens is 3. The average molecular weight is 516 g/mol. The van der Waals surface area contributed by atoms with Gasteiger partial charge in [-0.15, -0.1) is 0 Å². The van der Waals surface area contributed by atoms with Crippen LogP contribution in [0.1, 0.15) is 58.5 Å². The van der Waals surface area contributed by atoms with Gasteiger partial charge in [0.05, 0.1) is 12.2 Å². The Morgan fingerprint density at radius 2 is 1.87 bits per heavy atom. The summed E-state index contributed by atoms with van der Waals surface area (Å²) in [6.07, 6.45) is 4.88. The summed E-state index contributed by atoms with van der Waals surface area (Å²) in [5.74, 6) is -1.25. The number of nitrogens with zero attached hydrogens (tertiary/aromatic N) is 3. The van der Waals surface area contributed by atoms with Crippen LogP contribution < -0.4 is 10.6 Å². The smallest absolute Gasteiger partial charge is 0.303 e. The summed E-state index contributed by atoms with van der Waals surface area (Å²) >= 11 is 0. The minimum absolute atomic E-state index is 0.0560. The molecule has 2 aromatic carbocycles. The van der Waals surface area contributed by atoms with Gasteiger partial charge in [-0.05, 0) is 74.6 Å². The van der Waals surface area contributed by atoms with E-state index in [1.807, 2.05) is 72.7 Å². The molecular weight excluding hydrogens is 482 g/mol. The fourth-order valence-electron chi connectivity index (χ4n) is 4.62. The van der Waals surface area contributed by atoms with E-state index in [2.05, 4.69) is 15.7 Å². The fourth-order valence-corrected chi connectivity index (χ4v) is 4.62. The third-order valence-electron chi connectivity index (χ3n) is 6.71. The molecule has 0 fully saturated rings. The van der Waals surface area contributed by atoms with Crippen LogP contribution >= 0.6 is 0 Å². The molecule has 2 aromatic heterocycles. The highest BCUT2D eigenvalue weighted by Gasteiger charge is 2.20. The molecule has 9 nitrogen and oxygen atoms in total. The lowest BCUT2D eigenvalue weighted by molar-refractivity contribution is -0.137. The molecule has 0 saturated carbocycles. The molecule has 9 heteroatoms. The van der Waals surface area contributed by atoms with Crippen molar-refractivity contribution in [1.82, 2.24) is 19.7 Å². The number of nitrogens with one attached hydrogen (secondary N) is 2. The van der Waals surface area contributed by atoms with E-state index in [0.29, 0.717) is 30.6 Å². The van der Waals surface area contributed by atoms with E-state index < -0.39 is 12.0 Å². The highest BCUT2D eigenvalue weighted by atomic mass is 16.4. The molecule has 4 aromatic rings. The number of carboxylic acids is 1. The molecule has 0 aliphatic heterocycles. The number of hydrogen-bond acceptors (Lipinski definition) is 4. The molecule has 2 amide bonds. The van der Waals surface area contributed by atoms with Gasteiger partial charge in [0.15, 0.2) is 0 Å². The van der Waals surface area contributed by atoms with Crippen molar-refractivity contribution in [2.24, 2.45) is 0 Å². The van der Waals surface area contributed by atoms with E-state index in [9.17, 15) is 14.4 Å². The van der Waals surface area contributed by atoms with Crippen molar-refractivity contribution in [2.75, 3.05) is 12.4 Å². The number of carbonyl (C=O) groups is 3. The van der Waals surface area contributed by atoms with Crippen LogP contribution in [0, 0.1) is 13.8 Å². The zero-order chi connectivity index (χ0) is 27.4. The van der Waals surface area contributed by atoms with Crippen molar-refractivity contribution in [2.45, 2.75) is 52.6 Å². The molecule has 0 bridgehead atoms. The Labute approximate surface area is 221 Å². The first-order valence-corrected chi connectivity index (χ1v) is 12.6. The first-order valence-electron chi connectivity index (χ1n) is 12.6. The number of anilines is 1. The van der Waals surface area contributed by atoms with Gasteiger partial charge in [-0.1, -0.05) is 18.2 Å². The van der Waals surface area contributed by atoms with Crippen LogP contribution in [0.2, 0.25) is 0 Å². The van der Waals surface area contributed by atoms with E-state index in [1.165, 1.54) is 0 Å². The summed E-state index contributed by atoms with van der Waals surface area (Å²) in [4.78, 5) is 36.8. The van der Waals surface area contributed by atoms with Gasteiger partial charge in [0.1, 0.15) is 6.04 Å². The van der Waals surface area contributed by atoms with Crippen LogP contribution in [0.3, 0.4) is 0 Å². The van der Waals surface area contributed by atoms with Gasteiger partial charge in [0.2, 0.25) is 5.91 Å². The lowest BCUT2D eigenvalue weighted by atomic mass is 10.0. The second kappa shape index (κ2) is 11.3. The van der Waals surface area contributed by atoms with Crippen LogP contribution in [0.25, 0.3) is 10.9 Å². The largest absolute Gasteiger partial charge is 0.481 e. The van der Waals surface area contributed by atoms with Crippen molar-refractivity contribution in [3.8, 4) is 0 Å². The van der Waals surface area contributed by atoms with E-state index in [4.69, 9.17) is 5.11 Å². The van der Waals surface area contributed by atoms with Gasteiger partial charge >= 0.3 is 5.97 Å². The van der Waals surface area contributed by atoms with Gasteiger partial charge in [-0.25, -0.2) is 0 Å². The number of rotatable bonds is 10. The zero-order valence-corrected chi connectivity index (χ0v) is 22.1. The first-order chi connectivity index (χ1) is 18.2. The van der Waals surface area contributed by atoms with E-state index >= 15 is 0 Å². The Kier molecular flexibility index (Phi) is 7.95. The molecule has 38 heavy (non-hydrogen) atoms. The van der Waals surface area contributed by atoms with Crippen molar-refractivity contribution >= 4 is 34.4 Å². The van der Waals surface area contributed by atoms with E-state index in [1.54, 1.807) is 19.2 Å². The molecule has 0 aliphatic rings. The Morgan fingerprint density at radius 1 is 1.08 bits per heavy atom. The molecule has 4 rings (SSSR count). The minimum Gasteiger partial charge on any atom is -0.481 e. The summed E-state index contributed by atoms with van der Waals surface area (Å²) in [7, 11) is 1.59. The number of hydrogen-bond donors (Lipinski definition) is 3. The summed E-state index contributed by atoms with van der Waals surface area (Å²) < 4.78 is 3.72. The number of carbonyl (C=O) groups excluding carboxylic acids is 2. The lowest BCUT2D eigenvalue weighted by Gasteiger charge is -2.18. The normalized spacial score (nSPS) is 11.9. The van der Waals surface area contributed by atoms with E-state index in [-0.39, 0.29) is 18.2 Å². The maximum atomic E-state index is 13.5. The quantitative estimate of drug-likeness (QED) is 0.288. The Hall–Kier alpha value is -4.40. The number of fused-ring (bicyclic) bond motifs is 1. The maximum absolute atomic E-state index is 13.5. The number of benzene rings is 2. The molecule has 3 N–H and O–H groups in total. The van der Waals surface area contributed by atoms with Gasteiger partial charge in [-0.3, -0.25) is 19.1 Å². The van der Waals surface area contributed by atoms with Crippen LogP contribution in [0.4, 0.5) is 5.69 Å². The summed E-state index contributed by atoms with van der Waals surface area (Å²) in [5.41, 5.74) is 5.76. The number of carboxylic acid groups (broad SMARTS) is 1. The van der Waals surface area contributed by atoms with Gasteiger partial charge in [0.25, 0.3) is 5.91 Å². The highest BCUT2D eigenvalue weighted by molar-refractivity contribution is 6.00. The molecule has 1 unspecified atom stereocenters. The molecule has 0 saturated heterocycles. The predicted octanol–water partition coefficient (Wildman–Crippen LogP) is 4.47. The Balaban J connectivity index is 1.62. The van der Waals surface area contributed by atoms with Crippen molar-refractivity contribution in [1.29, 1.82) is 0 Å². The van der Waals surface area contributed by atoms with Crippen molar-refractivity contribution in [3.05, 3.63) is 82.8 Å². The molecule has 198 valence electrons. The highest BCUT2D eigenvalue weighted by Crippen LogP contribution is 2.27. The molecular formula is C29H33N5O4. The predicted molar refractivity (Wildman–Crippen MR) is 146 cm³/mol. The third kappa shape index (κ3) is 5.94. The second-order valence-electron chi connectivity index (χ2n) is 9.59. The lowest BCUT2D eigenvalue weighted by Crippen LogP contribution is -2.24. The molecule has 0 aliphatic carbocycles. The number of aryl methyl sites for hydroxylation is 3. The molecule has 1 atom stereocenters. The molecule has 0 spiro atoms. The van der Waals surface area contributed by atoms with Crippen LogP contribution in [0.5, 0.6) is 0 Å². The van der Waals surface area contributed by atoms with Gasteiger partial charge in [-0.2, -0.15) is 5.10 Å². The molecule has 2 heterocycles. The van der Waals surface area contributed by atoms with Crippen LogP contribution in [0.15, 0.2) is 54.9 Å². The van der Waals surface area contributed by atoms with Crippen molar-refractivity contribution < 1.29 is 19.5 Å². The number of aliphatic carboxylic acids is 1. The minimum atomic E-state index is -0.846. The Bertz CT molecular complexity index is 1500. The average Bonchev–Trinajstić information content (AvgIpc) is 3.45. The van der Waals surface area contributed by atoms with Gasteiger partial charge in [0, 0.05) is 48.0 Å². The monoisotopic (exact) mass is 515 g/mol. The summed E-state index contributed by atoms with van der Waals surface area (Å²) in [6.45, 7) is 6.27. The molecule has 0 radical (unpaired) electrons. The maximum Gasteiger partial charge on any atom is 0.303 e. The second-order valence-corrected chi connectivity index (χ2v) is 9.59. The van der Waals surface area contributed by atoms with Gasteiger partial charge < -0.3 is 20.3 Å². The van der Waals surface area contributed by atoms with Crippen LogP contribution in [-0.2, 0) is 22.6 Å². The van der Waals surface area contributed by atoms with Crippen LogP contribution in [-0.4, -0.2) is 44.3 Å². The fraction of sp³-hybridized carbons (Fsp3) is 0.310. The van der Waals surface area contributed by atoms with E-state index in [0.717, 1.165) is 33.3 Å². The summed E-state index contributed by atoms with van der Waals surface area (Å²) in [5, 5.41) is 20.2. The number of amides is 2. The summed E-state index contributed by atoms with van der Waals surface area (Å²) in [6, 6.07) is 12.7. The zero-order valence-electron chi connectivity index (χ0n) is 22.1. The topological polar surface area (TPSA) is 118 Å². The first kappa shape index (κ1) is 26.7. The third-order valence-corrected chi connectivity index (χ3v) is 6.71. The van der Waals surface area contributed by atoms with Crippen molar-refractivity contribution in [3.63, 3.8) is 0 Å². The SMILES string of the molecule is CNC(=O)c1ccc2c(C)cn(C(C)C(=O)Nc3cc(Cn4ccc(C)n4)ccc3CCCC(=O)O)c2c1. The standard InChI is InChI=1S/C29H33N5O4/c1-18-16-34(26-15-23(29(38)30-4)10-11-24(18)26)20(3)28(37)31-25-14-21(17-33-13-12-19(2)32-33)8-9-22(25)6-5-7-27(35)36/h8-16,20H,5-7,17H2,1-4H3,(H,30,38)(H,31,37)(H,35,36).